The lowest BCUT2D eigenvalue weighted by molar-refractivity contribution is 0.00692. The first-order valence-corrected chi connectivity index (χ1v) is 7.81. The monoisotopic (exact) mass is 329 g/mol. The summed E-state index contributed by atoms with van der Waals surface area (Å²) in [5.41, 5.74) is 1.55. The second-order valence-corrected chi connectivity index (χ2v) is 6.61. The van der Waals surface area contributed by atoms with Crippen molar-refractivity contribution in [3.8, 4) is 0 Å². The maximum atomic E-state index is 12.4. The van der Waals surface area contributed by atoms with Gasteiger partial charge in [0.2, 0.25) is 0 Å². The van der Waals surface area contributed by atoms with Gasteiger partial charge in [-0.15, -0.1) is 0 Å². The van der Waals surface area contributed by atoms with Gasteiger partial charge in [0.1, 0.15) is 11.3 Å². The zero-order chi connectivity index (χ0) is 17.9. The molecule has 2 rings (SSSR count). The van der Waals surface area contributed by atoms with Crippen molar-refractivity contribution in [3.63, 3.8) is 0 Å². The van der Waals surface area contributed by atoms with Crippen LogP contribution in [0.25, 0.3) is 0 Å². The van der Waals surface area contributed by atoms with Crippen LogP contribution >= 0.6 is 0 Å². The van der Waals surface area contributed by atoms with Crippen molar-refractivity contribution >= 4 is 11.9 Å². The van der Waals surface area contributed by atoms with Gasteiger partial charge in [-0.3, -0.25) is 4.79 Å². The largest absolute Gasteiger partial charge is 0.456 e. The van der Waals surface area contributed by atoms with E-state index in [1.807, 2.05) is 25.4 Å². The molecule has 1 amide bonds. The minimum absolute atomic E-state index is 0.0676. The third-order valence-corrected chi connectivity index (χ3v) is 3.51. The number of esters is 1. The number of hydrogen-bond acceptors (Lipinski definition) is 4. The average Bonchev–Trinajstić information content (AvgIpc) is 3.05. The Morgan fingerprint density at radius 2 is 2.00 bits per heavy atom. The Hall–Kier alpha value is -2.63. The molecule has 2 N–H and O–H groups in total. The van der Waals surface area contributed by atoms with Crippen molar-refractivity contribution in [3.05, 3.63) is 53.1 Å². The summed E-state index contributed by atoms with van der Waals surface area (Å²) in [6.45, 7) is 7.37. The van der Waals surface area contributed by atoms with Crippen molar-refractivity contribution in [1.82, 2.24) is 15.3 Å². The number of aromatic nitrogens is 2. The Morgan fingerprint density at radius 1 is 1.29 bits per heavy atom. The van der Waals surface area contributed by atoms with Gasteiger partial charge in [-0.1, -0.05) is 6.92 Å². The van der Waals surface area contributed by atoms with E-state index in [2.05, 4.69) is 15.3 Å². The molecule has 0 radical (unpaired) electrons. The Labute approximate surface area is 141 Å². The molecule has 2 aromatic heterocycles. The summed E-state index contributed by atoms with van der Waals surface area (Å²) in [6.07, 6.45) is 3.69. The minimum atomic E-state index is -0.611. The lowest BCUT2D eigenvalue weighted by Gasteiger charge is -2.20. The van der Waals surface area contributed by atoms with Gasteiger partial charge in [0, 0.05) is 31.1 Å². The van der Waals surface area contributed by atoms with E-state index < -0.39 is 11.6 Å². The number of nitrogens with one attached hydrogen (secondary N) is 2. The molecule has 0 aliphatic carbocycles. The molecule has 0 saturated carbocycles. The fourth-order valence-electron chi connectivity index (χ4n) is 2.25. The van der Waals surface area contributed by atoms with Gasteiger partial charge in [0.25, 0.3) is 5.91 Å². The van der Waals surface area contributed by atoms with Crippen LogP contribution in [-0.4, -0.2) is 34.5 Å². The van der Waals surface area contributed by atoms with Crippen molar-refractivity contribution < 1.29 is 14.3 Å². The first-order chi connectivity index (χ1) is 11.2. The zero-order valence-corrected chi connectivity index (χ0v) is 14.6. The lowest BCUT2D eigenvalue weighted by Crippen LogP contribution is -2.25. The third kappa shape index (κ3) is 4.22. The summed E-state index contributed by atoms with van der Waals surface area (Å²) in [5, 5.41) is 2.54. The van der Waals surface area contributed by atoms with E-state index >= 15 is 0 Å². The first-order valence-electron chi connectivity index (χ1n) is 7.81. The van der Waals surface area contributed by atoms with Gasteiger partial charge in [-0.05, 0) is 44.5 Å². The second kappa shape index (κ2) is 6.86. The van der Waals surface area contributed by atoms with E-state index in [1.54, 1.807) is 26.8 Å². The number of pyridine rings is 1. The van der Waals surface area contributed by atoms with Gasteiger partial charge < -0.3 is 15.0 Å². The summed E-state index contributed by atoms with van der Waals surface area (Å²) < 4.78 is 5.41. The van der Waals surface area contributed by atoms with Crippen molar-refractivity contribution in [1.29, 1.82) is 0 Å². The van der Waals surface area contributed by atoms with Gasteiger partial charge in [0.05, 0.1) is 5.56 Å². The van der Waals surface area contributed by atoms with Gasteiger partial charge in [-0.25, -0.2) is 9.78 Å². The van der Waals surface area contributed by atoms with Crippen molar-refractivity contribution in [2.75, 3.05) is 7.05 Å². The smallest absolute Gasteiger partial charge is 0.338 e. The highest BCUT2D eigenvalue weighted by Crippen LogP contribution is 2.24. The molecule has 0 fully saturated rings. The van der Waals surface area contributed by atoms with Crippen LogP contribution < -0.4 is 5.32 Å². The van der Waals surface area contributed by atoms with Crippen molar-refractivity contribution in [2.45, 2.75) is 39.2 Å². The number of hydrogen-bond donors (Lipinski definition) is 2. The number of ether oxygens (including phenoxy) is 1. The molecule has 128 valence electrons. The number of nitrogens with zero attached hydrogens (tertiary/aromatic N) is 1. The number of H-pyrrole nitrogens is 1. The molecule has 0 saturated heterocycles. The summed E-state index contributed by atoms with van der Waals surface area (Å²) in [7, 11) is 1.53. The Bertz CT molecular complexity index is 730. The summed E-state index contributed by atoms with van der Waals surface area (Å²) >= 11 is 0. The Kier molecular flexibility index (Phi) is 5.07. The van der Waals surface area contributed by atoms with E-state index in [-0.39, 0.29) is 17.5 Å². The highest BCUT2D eigenvalue weighted by molar-refractivity contribution is 5.96. The molecule has 0 aliphatic heterocycles. The SMILES string of the molecule is CNC(=O)c1cc(C(=O)OC(C)(C)C)cc(C(C)c2cc[nH]c2)n1. The van der Waals surface area contributed by atoms with Crippen molar-refractivity contribution in [2.24, 2.45) is 0 Å². The fourth-order valence-corrected chi connectivity index (χ4v) is 2.25. The maximum absolute atomic E-state index is 12.4. The number of amides is 1. The molecule has 1 unspecified atom stereocenters. The predicted octanol–water partition coefficient (Wildman–Crippen LogP) is 2.88. The highest BCUT2D eigenvalue weighted by atomic mass is 16.6. The molecule has 0 spiro atoms. The molecular formula is C18H23N3O3. The normalized spacial score (nSPS) is 12.5. The van der Waals surface area contributed by atoms with Crippen LogP contribution in [0.4, 0.5) is 0 Å². The molecule has 0 aliphatic rings. The molecule has 6 heteroatoms. The van der Waals surface area contributed by atoms with Crippen LogP contribution in [0.15, 0.2) is 30.6 Å². The zero-order valence-electron chi connectivity index (χ0n) is 14.6. The molecular weight excluding hydrogens is 306 g/mol. The van der Waals surface area contributed by atoms with Gasteiger partial charge in [0.15, 0.2) is 0 Å². The van der Waals surface area contributed by atoms with Crippen LogP contribution in [0, 0.1) is 0 Å². The second-order valence-electron chi connectivity index (χ2n) is 6.61. The average molecular weight is 329 g/mol. The van der Waals surface area contributed by atoms with Crippen LogP contribution in [0.3, 0.4) is 0 Å². The van der Waals surface area contributed by atoms with Crippen LogP contribution in [0.2, 0.25) is 0 Å². The molecule has 6 nitrogen and oxygen atoms in total. The van der Waals surface area contributed by atoms with Crippen LogP contribution in [0.1, 0.15) is 65.7 Å². The van der Waals surface area contributed by atoms with E-state index in [0.29, 0.717) is 11.3 Å². The topological polar surface area (TPSA) is 84.1 Å². The quantitative estimate of drug-likeness (QED) is 0.845. The van der Waals surface area contributed by atoms with Crippen LogP contribution in [-0.2, 0) is 4.74 Å². The van der Waals surface area contributed by atoms with E-state index in [1.165, 1.54) is 13.1 Å². The van der Waals surface area contributed by atoms with E-state index in [0.717, 1.165) is 5.56 Å². The van der Waals surface area contributed by atoms with E-state index in [9.17, 15) is 9.59 Å². The Balaban J connectivity index is 2.45. The number of aromatic amines is 1. The Morgan fingerprint density at radius 3 is 2.54 bits per heavy atom. The third-order valence-electron chi connectivity index (χ3n) is 3.51. The first kappa shape index (κ1) is 17.7. The fraction of sp³-hybridized carbons (Fsp3) is 0.389. The molecule has 0 aromatic carbocycles. The molecule has 0 bridgehead atoms. The molecule has 1 atom stereocenters. The minimum Gasteiger partial charge on any atom is -0.456 e. The van der Waals surface area contributed by atoms with Gasteiger partial charge >= 0.3 is 5.97 Å². The molecule has 2 heterocycles. The standard InChI is InChI=1S/C18H23N3O3/c1-11(12-6-7-20-10-12)14-8-13(17(23)24-18(2,3)4)9-15(21-14)16(22)19-5/h6-11,20H,1-5H3,(H,19,22). The lowest BCUT2D eigenvalue weighted by atomic mass is 9.98. The van der Waals surface area contributed by atoms with Gasteiger partial charge in [-0.2, -0.15) is 0 Å². The summed E-state index contributed by atoms with van der Waals surface area (Å²) in [6, 6.07) is 5.07. The highest BCUT2D eigenvalue weighted by Gasteiger charge is 2.22. The predicted molar refractivity (Wildman–Crippen MR) is 91.1 cm³/mol. The molecule has 2 aromatic rings. The number of carbonyl (C=O) groups excluding carboxylic acids is 2. The van der Waals surface area contributed by atoms with Crippen LogP contribution in [0.5, 0.6) is 0 Å². The summed E-state index contributed by atoms with van der Waals surface area (Å²) in [4.78, 5) is 31.8. The number of rotatable bonds is 4. The maximum Gasteiger partial charge on any atom is 0.338 e. The molecule has 24 heavy (non-hydrogen) atoms. The summed E-state index contributed by atoms with van der Waals surface area (Å²) in [5.74, 6) is -0.887. The van der Waals surface area contributed by atoms with E-state index in [4.69, 9.17) is 4.74 Å². The number of carbonyl (C=O) groups is 2.